The summed E-state index contributed by atoms with van der Waals surface area (Å²) >= 11 is 0. The Bertz CT molecular complexity index is 307. The molecule has 84 valence electrons. The number of hydrogen-bond donors (Lipinski definition) is 1. The molecule has 6 heteroatoms. The summed E-state index contributed by atoms with van der Waals surface area (Å²) in [5, 5.41) is 2.43. The van der Waals surface area contributed by atoms with Gasteiger partial charge in [0.25, 0.3) is 0 Å². The van der Waals surface area contributed by atoms with Gasteiger partial charge in [-0.2, -0.15) is 13.2 Å². The molecule has 0 aromatic heterocycles. The van der Waals surface area contributed by atoms with Gasteiger partial charge in [-0.05, 0) is 13.1 Å². The maximum Gasteiger partial charge on any atom is 0.399 e. The van der Waals surface area contributed by atoms with Gasteiger partial charge in [-0.25, -0.2) is 4.79 Å². The van der Waals surface area contributed by atoms with Crippen molar-refractivity contribution in [3.63, 3.8) is 0 Å². The quantitative estimate of drug-likeness (QED) is 0.721. The summed E-state index contributed by atoms with van der Waals surface area (Å²) < 4.78 is 41.9. The minimum absolute atomic E-state index is 0.0461. The molecule has 3 nitrogen and oxygen atoms in total. The van der Waals surface area contributed by atoms with Crippen LogP contribution in [-0.4, -0.2) is 18.8 Å². The fourth-order valence-electron chi connectivity index (χ4n) is 1.17. The zero-order chi connectivity index (χ0) is 11.5. The van der Waals surface area contributed by atoms with Crippen LogP contribution in [0.5, 0.6) is 0 Å². The highest BCUT2D eigenvalue weighted by Crippen LogP contribution is 2.34. The Labute approximate surface area is 84.6 Å². The first-order valence-corrected chi connectivity index (χ1v) is 4.33. The molecule has 0 saturated heterocycles. The van der Waals surface area contributed by atoms with E-state index in [0.29, 0.717) is 0 Å². The predicted molar refractivity (Wildman–Crippen MR) is 46.5 cm³/mol. The van der Waals surface area contributed by atoms with Crippen molar-refractivity contribution in [2.75, 3.05) is 6.61 Å². The summed E-state index contributed by atoms with van der Waals surface area (Å²) in [5.41, 5.74) is -0.424. The molecule has 0 aromatic rings. The van der Waals surface area contributed by atoms with Gasteiger partial charge >= 0.3 is 12.1 Å². The third kappa shape index (κ3) is 2.74. The fourth-order valence-corrected chi connectivity index (χ4v) is 1.17. The molecule has 1 atom stereocenters. The van der Waals surface area contributed by atoms with Gasteiger partial charge in [-0.1, -0.05) is 6.08 Å². The molecule has 0 fully saturated rings. The van der Waals surface area contributed by atoms with Gasteiger partial charge in [0.05, 0.1) is 12.2 Å². The summed E-state index contributed by atoms with van der Waals surface area (Å²) in [5.74, 6) is -2.84. The third-order valence-electron chi connectivity index (χ3n) is 1.82. The van der Waals surface area contributed by atoms with Crippen LogP contribution in [0.2, 0.25) is 0 Å². The number of ether oxygens (including phenoxy) is 1. The zero-order valence-corrected chi connectivity index (χ0v) is 7.97. The Morgan fingerprint density at radius 2 is 2.27 bits per heavy atom. The largest absolute Gasteiger partial charge is 0.463 e. The number of carbonyl (C=O) groups is 1. The van der Waals surface area contributed by atoms with Crippen LogP contribution in [0.15, 0.2) is 24.0 Å². The van der Waals surface area contributed by atoms with Gasteiger partial charge in [0.15, 0.2) is 0 Å². The summed E-state index contributed by atoms with van der Waals surface area (Å²) in [6.07, 6.45) is -1.44. The Morgan fingerprint density at radius 1 is 1.60 bits per heavy atom. The molecule has 1 unspecified atom stereocenters. The van der Waals surface area contributed by atoms with Gasteiger partial charge in [-0.15, -0.1) is 0 Å². The van der Waals surface area contributed by atoms with Crippen LogP contribution < -0.4 is 5.32 Å². The van der Waals surface area contributed by atoms with E-state index in [1.807, 2.05) is 0 Å². The number of nitrogens with one attached hydrogen (secondary N) is 1. The van der Waals surface area contributed by atoms with Crippen molar-refractivity contribution in [1.29, 1.82) is 0 Å². The van der Waals surface area contributed by atoms with Crippen LogP contribution in [-0.2, 0) is 9.53 Å². The molecule has 0 bridgehead atoms. The van der Waals surface area contributed by atoms with Crippen molar-refractivity contribution in [3.8, 4) is 0 Å². The zero-order valence-electron chi connectivity index (χ0n) is 7.97. The molecule has 0 saturated carbocycles. The first-order valence-electron chi connectivity index (χ1n) is 4.33. The lowest BCUT2D eigenvalue weighted by Crippen LogP contribution is -2.30. The Kier molecular flexibility index (Phi) is 3.39. The van der Waals surface area contributed by atoms with Crippen LogP contribution in [0.4, 0.5) is 13.2 Å². The van der Waals surface area contributed by atoms with Crippen molar-refractivity contribution in [2.45, 2.75) is 13.1 Å². The average Bonchev–Trinajstić information content (AvgIpc) is 2.17. The second-order valence-corrected chi connectivity index (χ2v) is 2.87. The maximum absolute atomic E-state index is 12.5. The van der Waals surface area contributed by atoms with E-state index in [1.165, 1.54) is 6.92 Å². The minimum Gasteiger partial charge on any atom is -0.463 e. The Balaban J connectivity index is 2.86. The number of carbonyl (C=O) groups excluding carboxylic acids is 1. The van der Waals surface area contributed by atoms with Crippen molar-refractivity contribution in [1.82, 2.24) is 5.32 Å². The molecule has 0 spiro atoms. The van der Waals surface area contributed by atoms with E-state index >= 15 is 0 Å². The van der Waals surface area contributed by atoms with Crippen molar-refractivity contribution >= 4 is 5.97 Å². The molecule has 0 radical (unpaired) electrons. The Hall–Kier alpha value is -1.46. The summed E-state index contributed by atoms with van der Waals surface area (Å²) in [7, 11) is 0. The van der Waals surface area contributed by atoms with E-state index in [0.717, 1.165) is 18.5 Å². The van der Waals surface area contributed by atoms with E-state index in [4.69, 9.17) is 0 Å². The molecule has 1 heterocycles. The molecule has 15 heavy (non-hydrogen) atoms. The topological polar surface area (TPSA) is 38.3 Å². The van der Waals surface area contributed by atoms with E-state index in [-0.39, 0.29) is 6.61 Å². The average molecular weight is 221 g/mol. The number of dihydropyridines is 1. The number of allylic oxidation sites excluding steroid dienone is 1. The van der Waals surface area contributed by atoms with Crippen LogP contribution in [0.25, 0.3) is 0 Å². The lowest BCUT2D eigenvalue weighted by Gasteiger charge is -2.21. The first kappa shape index (κ1) is 11.6. The van der Waals surface area contributed by atoms with Crippen molar-refractivity contribution in [2.24, 2.45) is 5.92 Å². The summed E-state index contributed by atoms with van der Waals surface area (Å²) in [6.45, 7) is 1.58. The number of hydrogen-bond acceptors (Lipinski definition) is 3. The van der Waals surface area contributed by atoms with Gasteiger partial charge in [0, 0.05) is 6.20 Å². The lowest BCUT2D eigenvalue weighted by molar-refractivity contribution is -0.161. The first-order chi connectivity index (χ1) is 6.96. The molecule has 1 rings (SSSR count). The molecule has 1 N–H and O–H groups in total. The minimum atomic E-state index is -4.48. The monoisotopic (exact) mass is 221 g/mol. The van der Waals surface area contributed by atoms with Crippen LogP contribution in [0.1, 0.15) is 6.92 Å². The standard InChI is InChI=1S/C9H10F3NO2/c1-2-15-8(14)6-5-13-4-3-7(6)9(10,11)12/h3-5,7,13H,2H2,1H3. The molecule has 0 aliphatic carbocycles. The van der Waals surface area contributed by atoms with Crippen LogP contribution in [0.3, 0.4) is 0 Å². The van der Waals surface area contributed by atoms with Gasteiger partial charge in [-0.3, -0.25) is 0 Å². The lowest BCUT2D eigenvalue weighted by atomic mass is 9.97. The van der Waals surface area contributed by atoms with Gasteiger partial charge in [0.1, 0.15) is 5.92 Å². The van der Waals surface area contributed by atoms with Crippen LogP contribution >= 0.6 is 0 Å². The highest BCUT2D eigenvalue weighted by Gasteiger charge is 2.43. The summed E-state index contributed by atoms with van der Waals surface area (Å²) in [4.78, 5) is 11.2. The smallest absolute Gasteiger partial charge is 0.399 e. The number of rotatable bonds is 2. The van der Waals surface area contributed by atoms with Gasteiger partial charge < -0.3 is 10.1 Å². The second-order valence-electron chi connectivity index (χ2n) is 2.87. The molecule has 1 aliphatic rings. The van der Waals surface area contributed by atoms with E-state index in [1.54, 1.807) is 0 Å². The van der Waals surface area contributed by atoms with E-state index in [9.17, 15) is 18.0 Å². The number of esters is 1. The maximum atomic E-state index is 12.5. The van der Waals surface area contributed by atoms with Gasteiger partial charge in [0.2, 0.25) is 0 Å². The Morgan fingerprint density at radius 3 is 2.80 bits per heavy atom. The molecule has 0 amide bonds. The number of halogens is 3. The van der Waals surface area contributed by atoms with Crippen molar-refractivity contribution in [3.05, 3.63) is 24.0 Å². The predicted octanol–water partition coefficient (Wildman–Crippen LogP) is 1.73. The second kappa shape index (κ2) is 4.37. The normalized spacial score (nSPS) is 20.5. The van der Waals surface area contributed by atoms with Crippen molar-refractivity contribution < 1.29 is 22.7 Å². The third-order valence-corrected chi connectivity index (χ3v) is 1.82. The molecule has 1 aliphatic heterocycles. The summed E-state index contributed by atoms with van der Waals surface area (Å²) in [6, 6.07) is 0. The molecule has 0 aromatic carbocycles. The number of alkyl halides is 3. The van der Waals surface area contributed by atoms with Crippen LogP contribution in [0, 0.1) is 5.92 Å². The van der Waals surface area contributed by atoms with E-state index in [2.05, 4.69) is 10.1 Å². The fraction of sp³-hybridized carbons (Fsp3) is 0.444. The molecular weight excluding hydrogens is 211 g/mol. The highest BCUT2D eigenvalue weighted by atomic mass is 19.4. The SMILES string of the molecule is CCOC(=O)C1=CNC=CC1C(F)(F)F. The highest BCUT2D eigenvalue weighted by molar-refractivity contribution is 5.89. The van der Waals surface area contributed by atoms with E-state index < -0.39 is 23.6 Å². The molecular formula is C9H10F3NO2.